The first-order valence-electron chi connectivity index (χ1n) is 8.99. The summed E-state index contributed by atoms with van der Waals surface area (Å²) in [6.45, 7) is 0.411. The molecule has 4 rings (SSSR count). The van der Waals surface area contributed by atoms with Crippen LogP contribution < -0.4 is 14.4 Å². The maximum Gasteiger partial charge on any atom is 0.257 e. The first-order chi connectivity index (χ1) is 14.1. The Kier molecular flexibility index (Phi) is 4.87. The Morgan fingerprint density at radius 1 is 1.17 bits per heavy atom. The maximum atomic E-state index is 12.7. The zero-order chi connectivity index (χ0) is 20.4. The van der Waals surface area contributed by atoms with Crippen molar-refractivity contribution in [2.75, 3.05) is 25.7 Å². The third-order valence-electron chi connectivity index (χ3n) is 4.87. The Hall–Kier alpha value is -3.86. The number of benzene rings is 2. The van der Waals surface area contributed by atoms with E-state index in [1.807, 2.05) is 0 Å². The van der Waals surface area contributed by atoms with Gasteiger partial charge in [-0.05, 0) is 36.4 Å². The molecule has 1 aromatic heterocycles. The summed E-state index contributed by atoms with van der Waals surface area (Å²) in [4.78, 5) is 18.8. The molecule has 1 atom stereocenters. The van der Waals surface area contributed by atoms with Gasteiger partial charge in [-0.25, -0.2) is 0 Å². The first-order valence-corrected chi connectivity index (χ1v) is 8.99. The topological polar surface area (TPSA) is 101 Å². The highest BCUT2D eigenvalue weighted by Crippen LogP contribution is 2.38. The quantitative estimate of drug-likeness (QED) is 0.659. The van der Waals surface area contributed by atoms with E-state index in [1.165, 1.54) is 0 Å². The second-order valence-electron chi connectivity index (χ2n) is 6.59. The Labute approximate surface area is 167 Å². The number of hydrogen-bond donors (Lipinski definition) is 0. The van der Waals surface area contributed by atoms with E-state index in [-0.39, 0.29) is 18.2 Å². The van der Waals surface area contributed by atoms with Crippen LogP contribution in [-0.2, 0) is 4.79 Å². The van der Waals surface area contributed by atoms with Crippen LogP contribution in [0, 0.1) is 11.3 Å². The number of amides is 1. The molecule has 0 bridgehead atoms. The molecule has 0 aliphatic carbocycles. The molecule has 2 heterocycles. The van der Waals surface area contributed by atoms with Crippen LogP contribution in [0.25, 0.3) is 11.5 Å². The monoisotopic (exact) mass is 390 g/mol. The molecule has 146 valence electrons. The summed E-state index contributed by atoms with van der Waals surface area (Å²) in [5.41, 5.74) is 1.92. The predicted molar refractivity (Wildman–Crippen MR) is 104 cm³/mol. The number of hydrogen-bond acceptors (Lipinski definition) is 7. The third-order valence-corrected chi connectivity index (χ3v) is 4.87. The van der Waals surface area contributed by atoms with Gasteiger partial charge in [0.25, 0.3) is 5.89 Å². The zero-order valence-corrected chi connectivity index (χ0v) is 16.0. The normalized spacial score (nSPS) is 16.0. The zero-order valence-electron chi connectivity index (χ0n) is 16.0. The van der Waals surface area contributed by atoms with Crippen LogP contribution in [0.5, 0.6) is 11.5 Å². The van der Waals surface area contributed by atoms with Crippen molar-refractivity contribution in [3.05, 3.63) is 53.9 Å². The highest BCUT2D eigenvalue weighted by Gasteiger charge is 2.36. The molecule has 0 saturated carbocycles. The van der Waals surface area contributed by atoms with Crippen molar-refractivity contribution in [1.82, 2.24) is 10.1 Å². The predicted octanol–water partition coefficient (Wildman–Crippen LogP) is 3.15. The van der Waals surface area contributed by atoms with Gasteiger partial charge in [-0.3, -0.25) is 4.79 Å². The van der Waals surface area contributed by atoms with Crippen molar-refractivity contribution >= 4 is 11.6 Å². The summed E-state index contributed by atoms with van der Waals surface area (Å²) >= 11 is 0. The smallest absolute Gasteiger partial charge is 0.257 e. The molecular weight excluding hydrogens is 372 g/mol. The molecule has 0 radical (unpaired) electrons. The summed E-state index contributed by atoms with van der Waals surface area (Å²) in [6.07, 6.45) is 0.271. The maximum absolute atomic E-state index is 12.7. The van der Waals surface area contributed by atoms with Gasteiger partial charge < -0.3 is 18.9 Å². The fourth-order valence-electron chi connectivity index (χ4n) is 3.33. The molecular formula is C21H18N4O4. The van der Waals surface area contributed by atoms with Gasteiger partial charge in [-0.1, -0.05) is 5.16 Å². The molecule has 0 spiro atoms. The Bertz CT molecular complexity index is 1080. The van der Waals surface area contributed by atoms with Crippen LogP contribution in [0.1, 0.15) is 23.7 Å². The average molecular weight is 390 g/mol. The molecule has 1 aliphatic rings. The van der Waals surface area contributed by atoms with Crippen LogP contribution in [0.3, 0.4) is 0 Å². The molecule has 0 N–H and O–H groups in total. The minimum Gasteiger partial charge on any atom is -0.497 e. The van der Waals surface area contributed by atoms with Gasteiger partial charge in [0.2, 0.25) is 5.91 Å². The van der Waals surface area contributed by atoms with Gasteiger partial charge in [-0.15, -0.1) is 0 Å². The molecule has 3 aromatic rings. The SMILES string of the molecule is COc1ccc(OC)c(N2CC(c3noc(-c4ccc(C#N)cc4)n3)CC2=O)c1. The molecule has 1 saturated heterocycles. The fourth-order valence-corrected chi connectivity index (χ4v) is 3.33. The molecule has 8 nitrogen and oxygen atoms in total. The van der Waals surface area contributed by atoms with Gasteiger partial charge in [0.1, 0.15) is 11.5 Å². The van der Waals surface area contributed by atoms with E-state index in [1.54, 1.807) is 61.6 Å². The van der Waals surface area contributed by atoms with Gasteiger partial charge in [0.15, 0.2) is 5.82 Å². The van der Waals surface area contributed by atoms with E-state index in [0.717, 1.165) is 5.56 Å². The lowest BCUT2D eigenvalue weighted by Crippen LogP contribution is -2.25. The lowest BCUT2D eigenvalue weighted by Gasteiger charge is -2.20. The van der Waals surface area contributed by atoms with Crippen molar-refractivity contribution in [3.63, 3.8) is 0 Å². The number of carbonyl (C=O) groups excluding carboxylic acids is 1. The molecule has 8 heteroatoms. The summed E-state index contributed by atoms with van der Waals surface area (Å²) in [5.74, 6) is 1.81. The van der Waals surface area contributed by atoms with E-state index in [9.17, 15) is 4.79 Å². The standard InChI is InChI=1S/C21H18N4O4/c1-27-16-7-8-18(28-2)17(10-16)25-12-15(9-19(25)26)20-23-21(29-24-20)14-5-3-13(11-22)4-6-14/h3-8,10,15H,9,12H2,1-2H3. The van der Waals surface area contributed by atoms with Crippen LogP contribution in [-0.4, -0.2) is 36.8 Å². The number of aromatic nitrogens is 2. The Morgan fingerprint density at radius 2 is 1.97 bits per heavy atom. The average Bonchev–Trinajstić information content (AvgIpc) is 3.40. The minimum absolute atomic E-state index is 0.0497. The number of carbonyl (C=O) groups is 1. The van der Waals surface area contributed by atoms with Crippen molar-refractivity contribution in [2.45, 2.75) is 12.3 Å². The number of methoxy groups -OCH3 is 2. The van der Waals surface area contributed by atoms with E-state index in [2.05, 4.69) is 16.2 Å². The first kappa shape index (κ1) is 18.5. The summed E-state index contributed by atoms with van der Waals surface area (Å²) in [6, 6.07) is 14.3. The molecule has 1 amide bonds. The number of rotatable bonds is 5. The van der Waals surface area contributed by atoms with Crippen molar-refractivity contribution < 1.29 is 18.8 Å². The Morgan fingerprint density at radius 3 is 2.66 bits per heavy atom. The molecule has 29 heavy (non-hydrogen) atoms. The van der Waals surface area contributed by atoms with Crippen LogP contribution in [0.2, 0.25) is 0 Å². The van der Waals surface area contributed by atoms with Crippen LogP contribution >= 0.6 is 0 Å². The molecule has 1 aliphatic heterocycles. The van der Waals surface area contributed by atoms with E-state index >= 15 is 0 Å². The second kappa shape index (κ2) is 7.64. The van der Waals surface area contributed by atoms with E-state index < -0.39 is 0 Å². The van der Waals surface area contributed by atoms with Gasteiger partial charge in [0.05, 0.1) is 31.5 Å². The lowest BCUT2D eigenvalue weighted by molar-refractivity contribution is -0.117. The second-order valence-corrected chi connectivity index (χ2v) is 6.59. The van der Waals surface area contributed by atoms with E-state index in [4.69, 9.17) is 19.3 Å². The van der Waals surface area contributed by atoms with Crippen LogP contribution in [0.4, 0.5) is 5.69 Å². The lowest BCUT2D eigenvalue weighted by atomic mass is 10.1. The van der Waals surface area contributed by atoms with Gasteiger partial charge in [-0.2, -0.15) is 10.2 Å². The number of anilines is 1. The molecule has 1 unspecified atom stereocenters. The van der Waals surface area contributed by atoms with Crippen molar-refractivity contribution in [2.24, 2.45) is 0 Å². The molecule has 2 aromatic carbocycles. The number of nitrogens with zero attached hydrogens (tertiary/aromatic N) is 4. The van der Waals surface area contributed by atoms with E-state index in [0.29, 0.717) is 41.0 Å². The number of ether oxygens (including phenoxy) is 2. The largest absolute Gasteiger partial charge is 0.497 e. The highest BCUT2D eigenvalue weighted by molar-refractivity contribution is 5.98. The third kappa shape index (κ3) is 3.50. The van der Waals surface area contributed by atoms with Crippen LogP contribution in [0.15, 0.2) is 47.0 Å². The minimum atomic E-state index is -0.200. The van der Waals surface area contributed by atoms with Gasteiger partial charge in [0, 0.05) is 30.5 Å². The Balaban J connectivity index is 1.57. The summed E-state index contributed by atoms with van der Waals surface area (Å²) in [5, 5.41) is 13.0. The molecule has 1 fully saturated rings. The summed E-state index contributed by atoms with van der Waals surface area (Å²) in [7, 11) is 3.14. The fraction of sp³-hybridized carbons (Fsp3) is 0.238. The van der Waals surface area contributed by atoms with Crippen molar-refractivity contribution in [3.8, 4) is 29.0 Å². The van der Waals surface area contributed by atoms with Gasteiger partial charge >= 0.3 is 0 Å². The summed E-state index contributed by atoms with van der Waals surface area (Å²) < 4.78 is 16.1. The number of nitriles is 1. The van der Waals surface area contributed by atoms with Crippen molar-refractivity contribution in [1.29, 1.82) is 5.26 Å². The highest BCUT2D eigenvalue weighted by atomic mass is 16.5.